The summed E-state index contributed by atoms with van der Waals surface area (Å²) < 4.78 is 11.6. The largest absolute Gasteiger partial charge is 0.378 e. The standard InChI is InChI=1S/C13H26N2O2/c1-3-16-12-4-6-15(7-5-12)8-9-17-13(2)10-14-11-13/h12,14H,3-11H2,1-2H3. The van der Waals surface area contributed by atoms with Gasteiger partial charge < -0.3 is 19.7 Å². The van der Waals surface area contributed by atoms with Crippen LogP contribution < -0.4 is 5.32 Å². The van der Waals surface area contributed by atoms with Gasteiger partial charge in [0.1, 0.15) is 0 Å². The zero-order valence-corrected chi connectivity index (χ0v) is 11.2. The van der Waals surface area contributed by atoms with Crippen LogP contribution in [0, 0.1) is 0 Å². The molecular formula is C13H26N2O2. The number of nitrogens with zero attached hydrogens (tertiary/aromatic N) is 1. The fourth-order valence-corrected chi connectivity index (χ4v) is 2.54. The molecule has 2 rings (SSSR count). The molecule has 4 heteroatoms. The van der Waals surface area contributed by atoms with E-state index in [4.69, 9.17) is 9.47 Å². The summed E-state index contributed by atoms with van der Waals surface area (Å²) in [5.41, 5.74) is 0.101. The Balaban J connectivity index is 1.55. The zero-order chi connectivity index (χ0) is 12.1. The van der Waals surface area contributed by atoms with E-state index in [-0.39, 0.29) is 5.60 Å². The fourth-order valence-electron chi connectivity index (χ4n) is 2.54. The molecule has 0 saturated carbocycles. The van der Waals surface area contributed by atoms with E-state index >= 15 is 0 Å². The Labute approximate surface area is 105 Å². The molecule has 0 aromatic heterocycles. The van der Waals surface area contributed by atoms with Crippen LogP contribution in [0.3, 0.4) is 0 Å². The van der Waals surface area contributed by atoms with Crippen molar-refractivity contribution in [3.63, 3.8) is 0 Å². The Morgan fingerprint density at radius 1 is 1.29 bits per heavy atom. The highest BCUT2D eigenvalue weighted by Gasteiger charge is 2.32. The van der Waals surface area contributed by atoms with Crippen LogP contribution in [0.25, 0.3) is 0 Å². The first-order chi connectivity index (χ1) is 8.22. The number of hydrogen-bond acceptors (Lipinski definition) is 4. The molecule has 0 atom stereocenters. The van der Waals surface area contributed by atoms with Crippen molar-refractivity contribution < 1.29 is 9.47 Å². The summed E-state index contributed by atoms with van der Waals surface area (Å²) in [5, 5.41) is 3.25. The lowest BCUT2D eigenvalue weighted by molar-refractivity contribution is -0.0759. The van der Waals surface area contributed by atoms with Crippen LogP contribution in [-0.4, -0.2) is 62.5 Å². The number of nitrogens with one attached hydrogen (secondary N) is 1. The minimum absolute atomic E-state index is 0.101. The summed E-state index contributed by atoms with van der Waals surface area (Å²) in [4.78, 5) is 2.49. The van der Waals surface area contributed by atoms with Gasteiger partial charge in [-0.05, 0) is 26.7 Å². The van der Waals surface area contributed by atoms with Crippen LogP contribution in [0.5, 0.6) is 0 Å². The predicted molar refractivity (Wildman–Crippen MR) is 68.3 cm³/mol. The van der Waals surface area contributed by atoms with Crippen LogP contribution in [0.4, 0.5) is 0 Å². The number of ether oxygens (including phenoxy) is 2. The van der Waals surface area contributed by atoms with Gasteiger partial charge in [-0.2, -0.15) is 0 Å². The molecule has 0 aromatic rings. The Morgan fingerprint density at radius 2 is 2.00 bits per heavy atom. The Kier molecular flexibility index (Phi) is 4.79. The first kappa shape index (κ1) is 13.3. The predicted octanol–water partition coefficient (Wildman–Crippen LogP) is 0.866. The van der Waals surface area contributed by atoms with Gasteiger partial charge >= 0.3 is 0 Å². The minimum Gasteiger partial charge on any atom is -0.378 e. The van der Waals surface area contributed by atoms with Gasteiger partial charge in [-0.15, -0.1) is 0 Å². The quantitative estimate of drug-likeness (QED) is 0.749. The van der Waals surface area contributed by atoms with Gasteiger partial charge in [0.2, 0.25) is 0 Å². The third kappa shape index (κ3) is 3.91. The van der Waals surface area contributed by atoms with E-state index in [2.05, 4.69) is 24.1 Å². The summed E-state index contributed by atoms with van der Waals surface area (Å²) in [7, 11) is 0. The van der Waals surface area contributed by atoms with Crippen molar-refractivity contribution >= 4 is 0 Å². The number of likely N-dealkylation sites (tertiary alicyclic amines) is 1. The highest BCUT2D eigenvalue weighted by atomic mass is 16.5. The van der Waals surface area contributed by atoms with E-state index < -0.39 is 0 Å². The number of hydrogen-bond donors (Lipinski definition) is 1. The number of rotatable bonds is 6. The van der Waals surface area contributed by atoms with Crippen molar-refractivity contribution in [1.82, 2.24) is 10.2 Å². The van der Waals surface area contributed by atoms with Crippen molar-refractivity contribution in [2.75, 3.05) is 45.9 Å². The van der Waals surface area contributed by atoms with Gasteiger partial charge in [0.25, 0.3) is 0 Å². The maximum atomic E-state index is 5.91. The molecule has 0 spiro atoms. The van der Waals surface area contributed by atoms with Crippen LogP contribution in [0.2, 0.25) is 0 Å². The molecule has 4 nitrogen and oxygen atoms in total. The first-order valence-electron chi connectivity index (χ1n) is 6.90. The molecule has 0 aromatic carbocycles. The maximum Gasteiger partial charge on any atom is 0.0902 e. The summed E-state index contributed by atoms with van der Waals surface area (Å²) in [6.07, 6.45) is 2.84. The van der Waals surface area contributed by atoms with Gasteiger partial charge in [0.15, 0.2) is 0 Å². The minimum atomic E-state index is 0.101. The lowest BCUT2D eigenvalue weighted by Crippen LogP contribution is -2.59. The molecule has 0 radical (unpaired) electrons. The Hall–Kier alpha value is -0.160. The molecule has 100 valence electrons. The second-order valence-corrected chi connectivity index (χ2v) is 5.40. The van der Waals surface area contributed by atoms with Gasteiger partial charge in [-0.3, -0.25) is 0 Å². The van der Waals surface area contributed by atoms with Crippen molar-refractivity contribution in [2.24, 2.45) is 0 Å². The van der Waals surface area contributed by atoms with Crippen molar-refractivity contribution in [2.45, 2.75) is 38.4 Å². The highest BCUT2D eigenvalue weighted by Crippen LogP contribution is 2.16. The van der Waals surface area contributed by atoms with Crippen LogP contribution >= 0.6 is 0 Å². The highest BCUT2D eigenvalue weighted by molar-refractivity contribution is 4.90. The van der Waals surface area contributed by atoms with E-state index in [1.807, 2.05) is 0 Å². The van der Waals surface area contributed by atoms with Crippen molar-refractivity contribution in [3.8, 4) is 0 Å². The molecule has 2 aliphatic rings. The molecule has 0 bridgehead atoms. The van der Waals surface area contributed by atoms with Crippen molar-refractivity contribution in [1.29, 1.82) is 0 Å². The molecule has 2 fully saturated rings. The van der Waals surface area contributed by atoms with Gasteiger partial charge in [-0.1, -0.05) is 0 Å². The zero-order valence-electron chi connectivity index (χ0n) is 11.2. The third-order valence-electron chi connectivity index (χ3n) is 3.79. The van der Waals surface area contributed by atoms with E-state index in [9.17, 15) is 0 Å². The van der Waals surface area contributed by atoms with Crippen LogP contribution in [0.15, 0.2) is 0 Å². The first-order valence-corrected chi connectivity index (χ1v) is 6.90. The smallest absolute Gasteiger partial charge is 0.0902 e. The normalized spacial score (nSPS) is 25.8. The number of piperidine rings is 1. The van der Waals surface area contributed by atoms with E-state index in [0.29, 0.717) is 6.10 Å². The fraction of sp³-hybridized carbons (Fsp3) is 1.00. The molecule has 17 heavy (non-hydrogen) atoms. The van der Waals surface area contributed by atoms with Gasteiger partial charge in [0.05, 0.1) is 18.3 Å². The summed E-state index contributed by atoms with van der Waals surface area (Å²) >= 11 is 0. The van der Waals surface area contributed by atoms with E-state index in [1.54, 1.807) is 0 Å². The molecule has 2 aliphatic heterocycles. The Bertz CT molecular complexity index is 223. The lowest BCUT2D eigenvalue weighted by atomic mass is 10.0. The van der Waals surface area contributed by atoms with Gasteiger partial charge in [0, 0.05) is 39.3 Å². The second kappa shape index (κ2) is 6.14. The summed E-state index contributed by atoms with van der Waals surface area (Å²) in [5.74, 6) is 0. The topological polar surface area (TPSA) is 33.7 Å². The lowest BCUT2D eigenvalue weighted by Gasteiger charge is -2.40. The SMILES string of the molecule is CCOC1CCN(CCOC2(C)CNC2)CC1. The molecule has 0 amide bonds. The van der Waals surface area contributed by atoms with Crippen LogP contribution in [0.1, 0.15) is 26.7 Å². The average molecular weight is 242 g/mol. The average Bonchev–Trinajstić information content (AvgIpc) is 2.30. The molecule has 2 saturated heterocycles. The monoisotopic (exact) mass is 242 g/mol. The molecule has 0 aliphatic carbocycles. The molecule has 0 unspecified atom stereocenters. The van der Waals surface area contributed by atoms with Crippen LogP contribution in [-0.2, 0) is 9.47 Å². The Morgan fingerprint density at radius 3 is 2.53 bits per heavy atom. The third-order valence-corrected chi connectivity index (χ3v) is 3.79. The molecule has 1 N–H and O–H groups in total. The van der Waals surface area contributed by atoms with E-state index in [1.165, 1.54) is 12.8 Å². The molecule has 2 heterocycles. The molecular weight excluding hydrogens is 216 g/mol. The van der Waals surface area contributed by atoms with Crippen molar-refractivity contribution in [3.05, 3.63) is 0 Å². The van der Waals surface area contributed by atoms with E-state index in [0.717, 1.165) is 45.9 Å². The van der Waals surface area contributed by atoms with Gasteiger partial charge in [-0.25, -0.2) is 0 Å². The summed E-state index contributed by atoms with van der Waals surface area (Å²) in [6, 6.07) is 0. The maximum absolute atomic E-state index is 5.91. The summed E-state index contributed by atoms with van der Waals surface area (Å²) in [6.45, 7) is 11.3. The second-order valence-electron chi connectivity index (χ2n) is 5.40.